The lowest BCUT2D eigenvalue weighted by atomic mass is 10.2. The van der Waals surface area contributed by atoms with E-state index in [2.05, 4.69) is 16.3 Å². The second-order valence-corrected chi connectivity index (χ2v) is 10.3. The van der Waals surface area contributed by atoms with E-state index in [1.807, 2.05) is 43.1 Å². The Morgan fingerprint density at radius 3 is 2.76 bits per heavy atom. The van der Waals surface area contributed by atoms with Crippen molar-refractivity contribution < 1.29 is 8.95 Å². The summed E-state index contributed by atoms with van der Waals surface area (Å²) in [6.07, 6.45) is 5.83. The van der Waals surface area contributed by atoms with Gasteiger partial charge in [0.1, 0.15) is 11.5 Å². The number of aliphatic imine (C=N–C) groups is 1. The lowest BCUT2D eigenvalue weighted by molar-refractivity contribution is 0.477. The van der Waals surface area contributed by atoms with Crippen molar-refractivity contribution in [2.75, 3.05) is 26.4 Å². The van der Waals surface area contributed by atoms with Crippen molar-refractivity contribution in [3.63, 3.8) is 0 Å². The van der Waals surface area contributed by atoms with Gasteiger partial charge in [-0.3, -0.25) is 0 Å². The Morgan fingerprint density at radius 1 is 1.31 bits per heavy atom. The predicted molar refractivity (Wildman–Crippen MR) is 122 cm³/mol. The summed E-state index contributed by atoms with van der Waals surface area (Å²) in [5, 5.41) is 0.515. The molecule has 0 saturated heterocycles. The number of halogens is 1. The quantitative estimate of drug-likeness (QED) is 0.383. The second kappa shape index (κ2) is 9.18. The van der Waals surface area contributed by atoms with Crippen LogP contribution in [0.5, 0.6) is 11.5 Å². The van der Waals surface area contributed by atoms with Crippen molar-refractivity contribution in [1.82, 2.24) is 4.90 Å². The van der Waals surface area contributed by atoms with Gasteiger partial charge in [0.2, 0.25) is 0 Å². The first-order valence-electron chi connectivity index (χ1n) is 9.79. The number of hydrogen-bond acceptors (Lipinski definition) is 4. The molecule has 5 nitrogen and oxygen atoms in total. The molecule has 0 radical (unpaired) electrons. The summed E-state index contributed by atoms with van der Waals surface area (Å²) in [4.78, 5) is 7.09. The molecule has 1 unspecified atom stereocenters. The van der Waals surface area contributed by atoms with Crippen LogP contribution in [0.4, 0.5) is 5.69 Å². The van der Waals surface area contributed by atoms with Crippen LogP contribution in [-0.2, 0) is 9.73 Å². The van der Waals surface area contributed by atoms with E-state index >= 15 is 0 Å². The standard InChI is InChI=1S/C22H28ClN3O2S/c1-5-26(3)15-24-21-11-16(2)22(13-20(21)23)28-18-7-6-8-19(12-18)29(4,27)25-14-17-9-10-17/h6-8,11-13,15,17H,5,9-10,14H2,1-4H3/b24-15-. The van der Waals surface area contributed by atoms with Gasteiger partial charge in [0.25, 0.3) is 0 Å². The molecule has 3 rings (SSSR count). The first kappa shape index (κ1) is 21.7. The molecule has 0 aromatic heterocycles. The summed E-state index contributed by atoms with van der Waals surface area (Å²) < 4.78 is 23.5. The first-order chi connectivity index (χ1) is 13.8. The van der Waals surface area contributed by atoms with Crippen molar-refractivity contribution in [3.8, 4) is 11.5 Å². The Bertz CT molecular complexity index is 1020. The number of nitrogens with zero attached hydrogens (tertiary/aromatic N) is 3. The van der Waals surface area contributed by atoms with E-state index in [9.17, 15) is 4.21 Å². The fraction of sp³-hybridized carbons (Fsp3) is 0.409. The number of benzene rings is 2. The molecular formula is C22H28ClN3O2S. The maximum atomic E-state index is 13.0. The molecule has 0 amide bonds. The maximum Gasteiger partial charge on any atom is 0.131 e. The summed E-state index contributed by atoms with van der Waals surface area (Å²) in [5.74, 6) is 1.87. The molecule has 0 heterocycles. The van der Waals surface area contributed by atoms with Gasteiger partial charge >= 0.3 is 0 Å². The Labute approximate surface area is 178 Å². The van der Waals surface area contributed by atoms with Crippen molar-refractivity contribution >= 4 is 33.4 Å². The lowest BCUT2D eigenvalue weighted by Crippen LogP contribution is -2.14. The van der Waals surface area contributed by atoms with Gasteiger partial charge in [0.05, 0.1) is 38.2 Å². The first-order valence-corrected chi connectivity index (χ1v) is 12.1. The molecule has 7 heteroatoms. The van der Waals surface area contributed by atoms with E-state index in [4.69, 9.17) is 16.3 Å². The van der Waals surface area contributed by atoms with E-state index in [0.29, 0.717) is 39.6 Å². The van der Waals surface area contributed by atoms with Gasteiger partial charge in [-0.1, -0.05) is 17.7 Å². The highest BCUT2D eigenvalue weighted by Crippen LogP contribution is 2.35. The van der Waals surface area contributed by atoms with Gasteiger partial charge in [0.15, 0.2) is 0 Å². The van der Waals surface area contributed by atoms with Gasteiger partial charge in [-0.25, -0.2) is 13.6 Å². The highest BCUT2D eigenvalue weighted by Gasteiger charge is 2.21. The molecule has 0 aliphatic heterocycles. The van der Waals surface area contributed by atoms with E-state index in [-0.39, 0.29) is 0 Å². The predicted octanol–water partition coefficient (Wildman–Crippen LogP) is 5.92. The van der Waals surface area contributed by atoms with Crippen LogP contribution in [0.25, 0.3) is 0 Å². The molecule has 156 valence electrons. The van der Waals surface area contributed by atoms with Gasteiger partial charge in [-0.15, -0.1) is 0 Å². The van der Waals surface area contributed by atoms with E-state index in [1.54, 1.807) is 24.7 Å². The molecule has 0 spiro atoms. The van der Waals surface area contributed by atoms with Crippen LogP contribution in [0.15, 0.2) is 50.6 Å². The molecule has 0 bridgehead atoms. The molecule has 1 fully saturated rings. The van der Waals surface area contributed by atoms with Crippen molar-refractivity contribution in [2.45, 2.75) is 31.6 Å². The SMILES string of the molecule is CCN(C)/C=N\c1cc(C)c(Oc2cccc(S(C)(=O)=NCC3CC3)c2)cc1Cl. The molecule has 1 atom stereocenters. The summed E-state index contributed by atoms with van der Waals surface area (Å²) in [6, 6.07) is 11.0. The fourth-order valence-electron chi connectivity index (χ4n) is 2.62. The van der Waals surface area contributed by atoms with E-state index in [0.717, 1.165) is 12.1 Å². The minimum Gasteiger partial charge on any atom is -0.457 e. The van der Waals surface area contributed by atoms with Crippen molar-refractivity contribution in [1.29, 1.82) is 0 Å². The normalized spacial score (nSPS) is 15.9. The maximum absolute atomic E-state index is 13.0. The molecule has 1 aliphatic rings. The highest BCUT2D eigenvalue weighted by molar-refractivity contribution is 7.93. The Balaban J connectivity index is 1.81. The zero-order chi connectivity index (χ0) is 21.0. The molecule has 2 aromatic carbocycles. The van der Waals surface area contributed by atoms with Gasteiger partial charge < -0.3 is 9.64 Å². The monoisotopic (exact) mass is 433 g/mol. The molecule has 1 saturated carbocycles. The Kier molecular flexibility index (Phi) is 6.85. The van der Waals surface area contributed by atoms with Crippen LogP contribution in [0, 0.1) is 12.8 Å². The molecule has 2 aromatic rings. The largest absolute Gasteiger partial charge is 0.457 e. The Hall–Kier alpha value is -2.05. The zero-order valence-electron chi connectivity index (χ0n) is 17.4. The zero-order valence-corrected chi connectivity index (χ0v) is 19.0. The highest BCUT2D eigenvalue weighted by atomic mass is 35.5. The summed E-state index contributed by atoms with van der Waals surface area (Å²) >= 11 is 6.40. The van der Waals surface area contributed by atoms with Crippen LogP contribution < -0.4 is 4.74 Å². The smallest absolute Gasteiger partial charge is 0.131 e. The molecule has 29 heavy (non-hydrogen) atoms. The summed E-state index contributed by atoms with van der Waals surface area (Å²) in [5.41, 5.74) is 1.61. The third-order valence-corrected chi connectivity index (χ3v) is 6.96. The van der Waals surface area contributed by atoms with E-state index in [1.165, 1.54) is 12.8 Å². The molecule has 1 aliphatic carbocycles. The lowest BCUT2D eigenvalue weighted by Gasteiger charge is -2.13. The molecular weight excluding hydrogens is 406 g/mol. The van der Waals surface area contributed by atoms with Crippen LogP contribution in [0.2, 0.25) is 5.02 Å². The van der Waals surface area contributed by atoms with Crippen molar-refractivity contribution in [2.24, 2.45) is 15.3 Å². The van der Waals surface area contributed by atoms with Crippen LogP contribution in [0.3, 0.4) is 0 Å². The number of ether oxygens (including phenoxy) is 1. The van der Waals surface area contributed by atoms with Crippen LogP contribution >= 0.6 is 11.6 Å². The average Bonchev–Trinajstić information content (AvgIpc) is 3.52. The van der Waals surface area contributed by atoms with Gasteiger partial charge in [-0.05, 0) is 62.4 Å². The Morgan fingerprint density at radius 2 is 2.07 bits per heavy atom. The third-order valence-electron chi connectivity index (χ3n) is 4.88. The fourth-order valence-corrected chi connectivity index (χ4v) is 4.13. The van der Waals surface area contributed by atoms with Crippen molar-refractivity contribution in [3.05, 3.63) is 47.0 Å². The number of hydrogen-bond donors (Lipinski definition) is 0. The van der Waals surface area contributed by atoms with E-state index < -0.39 is 9.73 Å². The summed E-state index contributed by atoms with van der Waals surface area (Å²) in [6.45, 7) is 5.54. The van der Waals surface area contributed by atoms with Gasteiger partial charge in [0, 0.05) is 25.9 Å². The number of rotatable bonds is 8. The van der Waals surface area contributed by atoms with Crippen LogP contribution in [0.1, 0.15) is 25.3 Å². The summed E-state index contributed by atoms with van der Waals surface area (Å²) in [7, 11) is -0.472. The minimum atomic E-state index is -2.43. The van der Waals surface area contributed by atoms with Gasteiger partial charge in [-0.2, -0.15) is 0 Å². The second-order valence-electron chi connectivity index (χ2n) is 7.52. The topological polar surface area (TPSA) is 54.3 Å². The minimum absolute atomic E-state index is 0.515. The van der Waals surface area contributed by atoms with Crippen LogP contribution in [-0.4, -0.2) is 41.8 Å². The average molecular weight is 434 g/mol. The third kappa shape index (κ3) is 5.97. The number of aryl methyl sites for hydroxylation is 1. The molecule has 0 N–H and O–H groups in total.